The van der Waals surface area contributed by atoms with E-state index in [1.807, 2.05) is 0 Å². The molecule has 0 aliphatic rings. The van der Waals surface area contributed by atoms with Crippen molar-refractivity contribution in [1.82, 2.24) is 0 Å². The number of hydrogen-bond acceptors (Lipinski definition) is 6. The van der Waals surface area contributed by atoms with Crippen molar-refractivity contribution in [1.29, 1.82) is 0 Å². The van der Waals surface area contributed by atoms with Crippen LogP contribution >= 0.6 is 0 Å². The lowest BCUT2D eigenvalue weighted by Crippen LogP contribution is -2.12. The van der Waals surface area contributed by atoms with Gasteiger partial charge in [0.05, 0.1) is 26.3 Å². The van der Waals surface area contributed by atoms with Gasteiger partial charge in [-0.2, -0.15) is 0 Å². The van der Waals surface area contributed by atoms with Gasteiger partial charge in [-0.3, -0.25) is 10.1 Å². The Morgan fingerprint density at radius 1 is 1.25 bits per heavy atom. The second-order valence-electron chi connectivity index (χ2n) is 4.02. The van der Waals surface area contributed by atoms with E-state index in [1.54, 1.807) is 25.3 Å². The van der Waals surface area contributed by atoms with Crippen LogP contribution in [0.15, 0.2) is 34.7 Å². The third-order valence-corrected chi connectivity index (χ3v) is 2.87. The molecule has 2 N–H and O–H groups in total. The van der Waals surface area contributed by atoms with E-state index in [9.17, 15) is 10.1 Å². The Labute approximate surface area is 115 Å². The van der Waals surface area contributed by atoms with Gasteiger partial charge in [-0.15, -0.1) is 0 Å². The highest BCUT2D eigenvalue weighted by Gasteiger charge is 2.21. The molecule has 0 saturated heterocycles. The molecule has 106 valence electrons. The summed E-state index contributed by atoms with van der Waals surface area (Å²) in [6, 6.07) is 7.24. The highest BCUT2D eigenvalue weighted by atomic mass is 16.6. The maximum atomic E-state index is 10.6. The molecule has 0 fully saturated rings. The van der Waals surface area contributed by atoms with Crippen molar-refractivity contribution < 1.29 is 18.8 Å². The van der Waals surface area contributed by atoms with Crippen LogP contribution in [-0.4, -0.2) is 19.1 Å². The minimum atomic E-state index is -0.662. The minimum absolute atomic E-state index is 0.292. The Kier molecular flexibility index (Phi) is 3.90. The first-order valence-corrected chi connectivity index (χ1v) is 5.78. The lowest BCUT2D eigenvalue weighted by molar-refractivity contribution is -0.402. The van der Waals surface area contributed by atoms with Gasteiger partial charge >= 0.3 is 5.88 Å². The van der Waals surface area contributed by atoms with Gasteiger partial charge < -0.3 is 19.6 Å². The smallest absolute Gasteiger partial charge is 0.433 e. The maximum absolute atomic E-state index is 10.6. The quantitative estimate of drug-likeness (QED) is 0.665. The van der Waals surface area contributed by atoms with Crippen LogP contribution in [0.3, 0.4) is 0 Å². The summed E-state index contributed by atoms with van der Waals surface area (Å²) in [7, 11) is 3.06. The van der Waals surface area contributed by atoms with Gasteiger partial charge in [0.25, 0.3) is 0 Å². The molecule has 0 radical (unpaired) electrons. The van der Waals surface area contributed by atoms with Crippen molar-refractivity contribution in [3.8, 4) is 11.5 Å². The Morgan fingerprint density at radius 2 is 2.00 bits per heavy atom. The van der Waals surface area contributed by atoms with Crippen molar-refractivity contribution in [2.75, 3.05) is 14.2 Å². The average molecular weight is 278 g/mol. The van der Waals surface area contributed by atoms with E-state index in [0.717, 1.165) is 0 Å². The molecule has 0 amide bonds. The fourth-order valence-electron chi connectivity index (χ4n) is 1.84. The average Bonchev–Trinajstić information content (AvgIpc) is 2.95. The van der Waals surface area contributed by atoms with Gasteiger partial charge in [-0.1, -0.05) is 0 Å². The summed E-state index contributed by atoms with van der Waals surface area (Å²) in [5.41, 5.74) is 6.71. The summed E-state index contributed by atoms with van der Waals surface area (Å²) in [5, 5.41) is 10.6. The highest BCUT2D eigenvalue weighted by molar-refractivity contribution is 5.45. The first-order chi connectivity index (χ1) is 9.56. The second-order valence-corrected chi connectivity index (χ2v) is 4.02. The van der Waals surface area contributed by atoms with Crippen LogP contribution in [0.4, 0.5) is 5.88 Å². The van der Waals surface area contributed by atoms with Crippen LogP contribution in [-0.2, 0) is 0 Å². The maximum Gasteiger partial charge on any atom is 0.433 e. The molecule has 7 heteroatoms. The molecule has 20 heavy (non-hydrogen) atoms. The summed E-state index contributed by atoms with van der Waals surface area (Å²) in [6.45, 7) is 0. The monoisotopic (exact) mass is 278 g/mol. The van der Waals surface area contributed by atoms with Crippen molar-refractivity contribution in [3.05, 3.63) is 51.8 Å². The molecular weight excluding hydrogens is 264 g/mol. The molecule has 0 bridgehead atoms. The number of hydrogen-bond donors (Lipinski definition) is 1. The molecule has 1 unspecified atom stereocenters. The first-order valence-electron chi connectivity index (χ1n) is 5.78. The Balaban J connectivity index is 2.36. The molecular formula is C13H14N2O5. The normalized spacial score (nSPS) is 11.9. The second kappa shape index (κ2) is 5.62. The van der Waals surface area contributed by atoms with E-state index in [1.165, 1.54) is 19.2 Å². The van der Waals surface area contributed by atoms with Gasteiger partial charge in [-0.25, -0.2) is 0 Å². The SMILES string of the molecule is COc1ccc(C(N)c2ccc([N+](=O)[O-])o2)c(OC)c1. The summed E-state index contributed by atoms with van der Waals surface area (Å²) in [5.74, 6) is 1.10. The summed E-state index contributed by atoms with van der Waals surface area (Å²) in [6.07, 6.45) is 0. The van der Waals surface area contributed by atoms with E-state index in [-0.39, 0.29) is 5.88 Å². The minimum Gasteiger partial charge on any atom is -0.497 e. The highest BCUT2D eigenvalue weighted by Crippen LogP contribution is 2.33. The predicted octanol–water partition coefficient (Wildman–Crippen LogP) is 2.25. The molecule has 0 aliphatic carbocycles. The van der Waals surface area contributed by atoms with Gasteiger partial charge in [0, 0.05) is 11.6 Å². The molecule has 2 aromatic rings. The molecule has 0 aliphatic heterocycles. The number of methoxy groups -OCH3 is 2. The molecule has 0 saturated carbocycles. The summed E-state index contributed by atoms with van der Waals surface area (Å²) >= 11 is 0. The van der Waals surface area contributed by atoms with Crippen molar-refractivity contribution in [2.24, 2.45) is 5.73 Å². The Morgan fingerprint density at radius 3 is 2.55 bits per heavy atom. The van der Waals surface area contributed by atoms with E-state index in [4.69, 9.17) is 19.6 Å². The predicted molar refractivity (Wildman–Crippen MR) is 70.9 cm³/mol. The van der Waals surface area contributed by atoms with E-state index in [2.05, 4.69) is 0 Å². The molecule has 1 aromatic carbocycles. The Bertz CT molecular complexity index is 623. The molecule has 1 atom stereocenters. The van der Waals surface area contributed by atoms with Gasteiger partial charge in [0.2, 0.25) is 0 Å². The molecule has 0 spiro atoms. The standard InChI is InChI=1S/C13H14N2O5/c1-18-8-3-4-9(11(7-8)19-2)13(14)10-5-6-12(20-10)15(16)17/h3-7,13H,14H2,1-2H3. The summed E-state index contributed by atoms with van der Waals surface area (Å²) < 4.78 is 15.5. The van der Waals surface area contributed by atoms with E-state index < -0.39 is 11.0 Å². The molecule has 7 nitrogen and oxygen atoms in total. The van der Waals surface area contributed by atoms with Crippen LogP contribution < -0.4 is 15.2 Å². The number of ether oxygens (including phenoxy) is 2. The fraction of sp³-hybridized carbons (Fsp3) is 0.231. The zero-order chi connectivity index (χ0) is 14.7. The van der Waals surface area contributed by atoms with Crippen LogP contribution in [0.2, 0.25) is 0 Å². The topological polar surface area (TPSA) is 101 Å². The number of nitro groups is 1. The van der Waals surface area contributed by atoms with Crippen LogP contribution in [0.5, 0.6) is 11.5 Å². The summed E-state index contributed by atoms with van der Waals surface area (Å²) in [4.78, 5) is 10.0. The van der Waals surface area contributed by atoms with Crippen LogP contribution in [0, 0.1) is 10.1 Å². The van der Waals surface area contributed by atoms with Crippen LogP contribution in [0.1, 0.15) is 17.4 Å². The van der Waals surface area contributed by atoms with E-state index >= 15 is 0 Å². The number of nitrogens with zero attached hydrogens (tertiary/aromatic N) is 1. The zero-order valence-electron chi connectivity index (χ0n) is 11.0. The number of benzene rings is 1. The van der Waals surface area contributed by atoms with Gasteiger partial charge in [0.1, 0.15) is 22.2 Å². The van der Waals surface area contributed by atoms with Crippen molar-refractivity contribution in [3.63, 3.8) is 0 Å². The van der Waals surface area contributed by atoms with Gasteiger partial charge in [-0.05, 0) is 18.2 Å². The third-order valence-electron chi connectivity index (χ3n) is 2.87. The van der Waals surface area contributed by atoms with Crippen molar-refractivity contribution in [2.45, 2.75) is 6.04 Å². The van der Waals surface area contributed by atoms with E-state index in [0.29, 0.717) is 22.8 Å². The number of nitrogens with two attached hydrogens (primary N) is 1. The number of rotatable bonds is 5. The molecule has 2 rings (SSSR count). The van der Waals surface area contributed by atoms with Crippen molar-refractivity contribution >= 4 is 5.88 Å². The van der Waals surface area contributed by atoms with Crippen LogP contribution in [0.25, 0.3) is 0 Å². The zero-order valence-corrected chi connectivity index (χ0v) is 11.0. The Hall–Kier alpha value is -2.54. The molecule has 1 heterocycles. The number of furan rings is 1. The fourth-order valence-corrected chi connectivity index (χ4v) is 1.84. The lowest BCUT2D eigenvalue weighted by atomic mass is 10.0. The first kappa shape index (κ1) is 13.9. The third kappa shape index (κ3) is 2.57. The van der Waals surface area contributed by atoms with Gasteiger partial charge in [0.15, 0.2) is 0 Å². The molecule has 1 aromatic heterocycles. The largest absolute Gasteiger partial charge is 0.497 e. The lowest BCUT2D eigenvalue weighted by Gasteiger charge is -2.14.